The van der Waals surface area contributed by atoms with Gasteiger partial charge in [0.25, 0.3) is 0 Å². The zero-order valence-corrected chi connectivity index (χ0v) is 20.8. The first kappa shape index (κ1) is 24.7. The molecule has 0 amide bonds. The predicted molar refractivity (Wildman–Crippen MR) is 116 cm³/mol. The van der Waals surface area contributed by atoms with Crippen LogP contribution in [0.4, 0.5) is 4.39 Å². The number of aromatic carboxylic acids is 1. The number of ether oxygens (including phenoxy) is 1. The molecule has 0 saturated carbocycles. The van der Waals surface area contributed by atoms with Crippen molar-refractivity contribution in [1.29, 1.82) is 0 Å². The van der Waals surface area contributed by atoms with Gasteiger partial charge in [-0.1, -0.05) is 47.5 Å². The van der Waals surface area contributed by atoms with Gasteiger partial charge in [0, 0.05) is 17.2 Å². The monoisotopic (exact) mass is 479 g/mol. The number of carboxylic acids is 1. The molecule has 1 aliphatic carbocycles. The third-order valence-electron chi connectivity index (χ3n) is 5.17. The van der Waals surface area contributed by atoms with E-state index in [1.165, 1.54) is 12.1 Å². The fourth-order valence-electron chi connectivity index (χ4n) is 3.69. The van der Waals surface area contributed by atoms with Crippen molar-refractivity contribution < 1.29 is 48.6 Å². The molecule has 158 valence electrons. The zero-order valence-electron chi connectivity index (χ0n) is 17.3. The van der Waals surface area contributed by atoms with Gasteiger partial charge in [-0.2, -0.15) is 0 Å². The summed E-state index contributed by atoms with van der Waals surface area (Å²) in [6.07, 6.45) is 2.33. The largest absolute Gasteiger partial charge is 1.00 e. The van der Waals surface area contributed by atoms with E-state index >= 15 is 0 Å². The van der Waals surface area contributed by atoms with Crippen molar-refractivity contribution in [2.24, 2.45) is 0 Å². The summed E-state index contributed by atoms with van der Waals surface area (Å²) in [6.45, 7) is 0.0265. The molecule has 3 aromatic rings. The minimum absolute atomic E-state index is 0. The van der Waals surface area contributed by atoms with Gasteiger partial charge >= 0.3 is 29.6 Å². The normalized spacial score (nSPS) is 13.1. The first-order chi connectivity index (χ1) is 14.9. The SMILES string of the molecule is O=C([O-])c1cccc(C2=C(c3cc(Cl)c(Cl)cc3OCc3ccccc3F)CCC2)n1.[Na+]. The Morgan fingerprint density at radius 3 is 2.50 bits per heavy atom. The summed E-state index contributed by atoms with van der Waals surface area (Å²) in [4.78, 5) is 15.5. The summed E-state index contributed by atoms with van der Waals surface area (Å²) < 4.78 is 20.0. The van der Waals surface area contributed by atoms with Crippen molar-refractivity contribution in [1.82, 2.24) is 4.98 Å². The van der Waals surface area contributed by atoms with Crippen molar-refractivity contribution in [3.63, 3.8) is 0 Å². The van der Waals surface area contributed by atoms with Crippen LogP contribution in [0.3, 0.4) is 0 Å². The average Bonchev–Trinajstić information content (AvgIpc) is 3.25. The van der Waals surface area contributed by atoms with E-state index in [1.54, 1.807) is 42.5 Å². The third kappa shape index (κ3) is 5.36. The molecule has 1 aromatic heterocycles. The summed E-state index contributed by atoms with van der Waals surface area (Å²) in [7, 11) is 0. The van der Waals surface area contributed by atoms with Crippen molar-refractivity contribution in [3.8, 4) is 5.75 Å². The maximum Gasteiger partial charge on any atom is 1.00 e. The summed E-state index contributed by atoms with van der Waals surface area (Å²) in [5.74, 6) is -1.21. The molecule has 2 aromatic carbocycles. The second kappa shape index (κ2) is 10.8. The fourth-order valence-corrected chi connectivity index (χ4v) is 4.01. The first-order valence-electron chi connectivity index (χ1n) is 9.70. The van der Waals surface area contributed by atoms with E-state index in [4.69, 9.17) is 27.9 Å². The Morgan fingerprint density at radius 1 is 1.03 bits per heavy atom. The number of carboxylic acid groups (broad SMARTS) is 1. The molecule has 0 bridgehead atoms. The molecule has 0 N–H and O–H groups in total. The molecule has 0 saturated heterocycles. The second-order valence-electron chi connectivity index (χ2n) is 7.15. The quantitative estimate of drug-likeness (QED) is 0.509. The Morgan fingerprint density at radius 2 is 1.75 bits per heavy atom. The van der Waals surface area contributed by atoms with Gasteiger partial charge in [0.15, 0.2) is 0 Å². The van der Waals surface area contributed by atoms with Crippen molar-refractivity contribution in [3.05, 3.63) is 93.0 Å². The number of allylic oxidation sites excluding steroid dienone is 2. The Hall–Kier alpha value is -1.89. The van der Waals surface area contributed by atoms with Crippen LogP contribution < -0.4 is 39.4 Å². The minimum atomic E-state index is -1.33. The van der Waals surface area contributed by atoms with Gasteiger partial charge < -0.3 is 14.6 Å². The molecule has 0 unspecified atom stereocenters. The standard InChI is InChI=1S/C24H18Cl2FNO3.Na/c25-18-11-17(23(12-19(18)26)31-13-14-5-1-2-8-20(14)27)15-6-3-7-16(15)21-9-4-10-22(28-21)24(29)30;/h1-2,4-5,8-12H,3,6-7,13H2,(H,29,30);/q;+1/p-1. The predicted octanol–water partition coefficient (Wildman–Crippen LogP) is 2.57. The molecule has 1 heterocycles. The Bertz CT molecular complexity index is 1200. The average molecular weight is 480 g/mol. The molecule has 4 nitrogen and oxygen atoms in total. The van der Waals surface area contributed by atoms with Crippen LogP contribution in [0.15, 0.2) is 54.6 Å². The van der Waals surface area contributed by atoms with Crippen LogP contribution in [-0.4, -0.2) is 11.0 Å². The van der Waals surface area contributed by atoms with Crippen LogP contribution in [-0.2, 0) is 6.61 Å². The fraction of sp³-hybridized carbons (Fsp3) is 0.167. The maximum atomic E-state index is 14.0. The number of hydrogen-bond donors (Lipinski definition) is 0. The van der Waals surface area contributed by atoms with Crippen molar-refractivity contribution in [2.75, 3.05) is 0 Å². The Labute approximate surface area is 217 Å². The first-order valence-corrected chi connectivity index (χ1v) is 10.5. The summed E-state index contributed by atoms with van der Waals surface area (Å²) in [5.41, 5.74) is 3.46. The molecule has 0 atom stereocenters. The van der Waals surface area contributed by atoms with Gasteiger partial charge in [-0.25, -0.2) is 9.37 Å². The molecule has 0 fully saturated rings. The molecule has 1 aliphatic rings. The number of pyridine rings is 1. The number of halogens is 3. The van der Waals surface area contributed by atoms with Crippen LogP contribution in [0.5, 0.6) is 5.75 Å². The Kier molecular flexibility index (Phi) is 8.37. The van der Waals surface area contributed by atoms with Crippen LogP contribution in [0.2, 0.25) is 10.0 Å². The van der Waals surface area contributed by atoms with Crippen molar-refractivity contribution in [2.45, 2.75) is 25.9 Å². The van der Waals surface area contributed by atoms with E-state index in [2.05, 4.69) is 4.98 Å². The van der Waals surface area contributed by atoms with Gasteiger partial charge in [0.2, 0.25) is 0 Å². The maximum absolute atomic E-state index is 14.0. The van der Waals surface area contributed by atoms with E-state index in [9.17, 15) is 14.3 Å². The second-order valence-corrected chi connectivity index (χ2v) is 7.96. The number of rotatable bonds is 6. The minimum Gasteiger partial charge on any atom is -0.543 e. The molecule has 32 heavy (non-hydrogen) atoms. The summed E-state index contributed by atoms with van der Waals surface area (Å²) in [6, 6.07) is 14.5. The van der Waals surface area contributed by atoms with Gasteiger partial charge in [-0.15, -0.1) is 0 Å². The number of nitrogens with zero attached hydrogens (tertiary/aromatic N) is 1. The molecular formula is C24H17Cl2FNNaO3. The van der Waals surface area contributed by atoms with E-state index in [-0.39, 0.29) is 47.7 Å². The van der Waals surface area contributed by atoms with Crippen LogP contribution in [0, 0.1) is 5.82 Å². The molecular weight excluding hydrogens is 463 g/mol. The third-order valence-corrected chi connectivity index (χ3v) is 5.90. The smallest absolute Gasteiger partial charge is 0.543 e. The van der Waals surface area contributed by atoms with E-state index < -0.39 is 5.97 Å². The van der Waals surface area contributed by atoms with Crippen molar-refractivity contribution >= 4 is 40.3 Å². The number of carbonyl (C=O) groups is 1. The molecule has 4 rings (SSSR count). The van der Waals surface area contributed by atoms with Gasteiger partial charge in [-0.05, 0) is 54.7 Å². The Balaban J connectivity index is 0.00000289. The van der Waals surface area contributed by atoms with Crippen LogP contribution >= 0.6 is 23.2 Å². The van der Waals surface area contributed by atoms with E-state index in [1.807, 2.05) is 0 Å². The number of aromatic nitrogens is 1. The van der Waals surface area contributed by atoms with Gasteiger partial charge in [0.05, 0.1) is 27.4 Å². The number of hydrogen-bond acceptors (Lipinski definition) is 4. The van der Waals surface area contributed by atoms with Crippen LogP contribution in [0.25, 0.3) is 11.1 Å². The van der Waals surface area contributed by atoms with Gasteiger partial charge in [0.1, 0.15) is 18.2 Å². The summed E-state index contributed by atoms with van der Waals surface area (Å²) in [5, 5.41) is 11.9. The van der Waals surface area contributed by atoms with E-state index in [0.717, 1.165) is 36.0 Å². The topological polar surface area (TPSA) is 62.2 Å². The van der Waals surface area contributed by atoms with Crippen LogP contribution in [0.1, 0.15) is 46.6 Å². The van der Waals surface area contributed by atoms with E-state index in [0.29, 0.717) is 27.1 Å². The molecule has 0 spiro atoms. The molecule has 0 radical (unpaired) electrons. The summed E-state index contributed by atoms with van der Waals surface area (Å²) >= 11 is 12.5. The molecule has 0 aliphatic heterocycles. The molecule has 8 heteroatoms. The zero-order chi connectivity index (χ0) is 22.0. The number of carbonyl (C=O) groups excluding carboxylic acids is 1. The number of benzene rings is 2. The van der Waals surface area contributed by atoms with Gasteiger partial charge in [-0.3, -0.25) is 0 Å².